The van der Waals surface area contributed by atoms with Crippen molar-refractivity contribution in [3.63, 3.8) is 0 Å². The molecule has 0 aliphatic carbocycles. The van der Waals surface area contributed by atoms with E-state index in [0.717, 1.165) is 42.3 Å². The van der Waals surface area contributed by atoms with E-state index >= 15 is 0 Å². The van der Waals surface area contributed by atoms with Gasteiger partial charge in [-0.15, -0.1) is 11.3 Å². The number of aromatic nitrogens is 2. The van der Waals surface area contributed by atoms with Gasteiger partial charge in [0.1, 0.15) is 0 Å². The maximum atomic E-state index is 11.9. The van der Waals surface area contributed by atoms with Gasteiger partial charge in [0.2, 0.25) is 0 Å². The third-order valence-corrected chi connectivity index (χ3v) is 5.22. The molecule has 2 aliphatic heterocycles. The number of anilines is 1. The molecule has 6 heteroatoms. The number of hydrogen-bond acceptors (Lipinski definition) is 6. The minimum Gasteiger partial charge on any atom is -0.465 e. The van der Waals surface area contributed by atoms with Crippen molar-refractivity contribution in [1.29, 1.82) is 0 Å². The van der Waals surface area contributed by atoms with Gasteiger partial charge >= 0.3 is 5.97 Å². The fourth-order valence-electron chi connectivity index (χ4n) is 3.06. The fraction of sp³-hybridized carbons (Fsp3) is 0.400. The van der Waals surface area contributed by atoms with Crippen LogP contribution < -0.4 is 4.90 Å². The Morgan fingerprint density at radius 1 is 1.38 bits per heavy atom. The summed E-state index contributed by atoms with van der Waals surface area (Å²) in [6.07, 6.45) is 5.28. The molecular formula is C15H15N3O2S. The molecule has 21 heavy (non-hydrogen) atoms. The molecule has 2 saturated heterocycles. The Morgan fingerprint density at radius 2 is 2.33 bits per heavy atom. The number of ether oxygens (including phenoxy) is 1. The van der Waals surface area contributed by atoms with Crippen molar-refractivity contribution in [2.75, 3.05) is 24.6 Å². The number of carbonyl (C=O) groups excluding carboxylic acids is 1. The van der Waals surface area contributed by atoms with Crippen LogP contribution in [-0.2, 0) is 9.53 Å². The molecule has 108 valence electrons. The quantitative estimate of drug-likeness (QED) is 0.797. The highest BCUT2D eigenvalue weighted by Gasteiger charge is 2.49. The van der Waals surface area contributed by atoms with Crippen LogP contribution in [0.1, 0.15) is 12.8 Å². The van der Waals surface area contributed by atoms with Crippen molar-refractivity contribution < 1.29 is 9.53 Å². The van der Waals surface area contributed by atoms with Gasteiger partial charge in [0, 0.05) is 36.4 Å². The van der Waals surface area contributed by atoms with Crippen LogP contribution >= 0.6 is 11.3 Å². The first-order valence-corrected chi connectivity index (χ1v) is 7.93. The number of hydrogen-bond donors (Lipinski definition) is 0. The highest BCUT2D eigenvalue weighted by Crippen LogP contribution is 2.42. The van der Waals surface area contributed by atoms with Gasteiger partial charge in [0.15, 0.2) is 5.13 Å². The van der Waals surface area contributed by atoms with Crippen molar-refractivity contribution in [2.45, 2.75) is 12.8 Å². The van der Waals surface area contributed by atoms with Crippen molar-refractivity contribution in [1.82, 2.24) is 9.97 Å². The van der Waals surface area contributed by atoms with Crippen LogP contribution in [0.5, 0.6) is 0 Å². The van der Waals surface area contributed by atoms with E-state index in [0.29, 0.717) is 6.61 Å². The van der Waals surface area contributed by atoms with Crippen molar-refractivity contribution in [3.8, 4) is 11.3 Å². The second-order valence-corrected chi connectivity index (χ2v) is 6.43. The van der Waals surface area contributed by atoms with E-state index in [9.17, 15) is 4.79 Å². The van der Waals surface area contributed by atoms with Crippen LogP contribution in [0.15, 0.2) is 29.9 Å². The number of esters is 1. The first-order chi connectivity index (χ1) is 10.3. The van der Waals surface area contributed by atoms with Crippen LogP contribution in [0.3, 0.4) is 0 Å². The Morgan fingerprint density at radius 3 is 3.10 bits per heavy atom. The molecule has 2 fully saturated rings. The van der Waals surface area contributed by atoms with Crippen LogP contribution in [0.25, 0.3) is 11.3 Å². The van der Waals surface area contributed by atoms with Crippen LogP contribution in [0.2, 0.25) is 0 Å². The Labute approximate surface area is 126 Å². The number of nitrogens with zero attached hydrogens (tertiary/aromatic N) is 3. The largest absolute Gasteiger partial charge is 0.465 e. The zero-order chi connectivity index (χ0) is 14.3. The minimum absolute atomic E-state index is 0.0333. The molecule has 0 aromatic carbocycles. The first-order valence-electron chi connectivity index (χ1n) is 7.05. The van der Waals surface area contributed by atoms with Crippen molar-refractivity contribution >= 4 is 22.4 Å². The van der Waals surface area contributed by atoms with Gasteiger partial charge in [-0.3, -0.25) is 9.78 Å². The van der Waals surface area contributed by atoms with Crippen LogP contribution in [-0.4, -0.2) is 35.6 Å². The lowest BCUT2D eigenvalue weighted by molar-refractivity contribution is -0.145. The van der Waals surface area contributed by atoms with E-state index in [1.165, 1.54) is 0 Å². The topological polar surface area (TPSA) is 55.3 Å². The molecule has 4 heterocycles. The molecule has 2 aromatic heterocycles. The Hall–Kier alpha value is -1.95. The van der Waals surface area contributed by atoms with Crippen LogP contribution in [0.4, 0.5) is 5.13 Å². The van der Waals surface area contributed by atoms with E-state index in [1.807, 2.05) is 23.7 Å². The summed E-state index contributed by atoms with van der Waals surface area (Å²) in [5.74, 6) is -0.0333. The molecule has 0 N–H and O–H groups in total. The molecule has 0 radical (unpaired) electrons. The van der Waals surface area contributed by atoms with E-state index in [1.54, 1.807) is 17.5 Å². The van der Waals surface area contributed by atoms with Gasteiger partial charge in [-0.25, -0.2) is 4.98 Å². The van der Waals surface area contributed by atoms with E-state index in [4.69, 9.17) is 9.72 Å². The Balaban J connectivity index is 1.56. The Bertz CT molecular complexity index is 673. The fourth-order valence-corrected chi connectivity index (χ4v) is 3.92. The average Bonchev–Trinajstić information content (AvgIpc) is 3.23. The molecule has 0 amide bonds. The Kier molecular flexibility index (Phi) is 2.92. The highest BCUT2D eigenvalue weighted by molar-refractivity contribution is 7.14. The van der Waals surface area contributed by atoms with E-state index < -0.39 is 0 Å². The summed E-state index contributed by atoms with van der Waals surface area (Å²) in [7, 11) is 0. The molecule has 0 bridgehead atoms. The summed E-state index contributed by atoms with van der Waals surface area (Å²) < 4.78 is 5.16. The summed E-state index contributed by atoms with van der Waals surface area (Å²) in [6, 6.07) is 3.92. The molecule has 1 unspecified atom stereocenters. The number of carbonyl (C=O) groups is 1. The lowest BCUT2D eigenvalue weighted by Crippen LogP contribution is -2.30. The zero-order valence-electron chi connectivity index (χ0n) is 11.5. The molecule has 2 aromatic rings. The SMILES string of the molecule is O=C1OCCC12CCN(c1nc(-c3cccnc3)cs1)C2. The lowest BCUT2D eigenvalue weighted by Gasteiger charge is -2.19. The summed E-state index contributed by atoms with van der Waals surface area (Å²) in [6.45, 7) is 2.16. The minimum atomic E-state index is -0.292. The molecular weight excluding hydrogens is 286 g/mol. The number of cyclic esters (lactones) is 1. The third-order valence-electron chi connectivity index (χ3n) is 4.32. The maximum Gasteiger partial charge on any atom is 0.314 e. The second-order valence-electron chi connectivity index (χ2n) is 5.59. The number of thiazole rings is 1. The third kappa shape index (κ3) is 2.10. The van der Waals surface area contributed by atoms with Crippen LogP contribution in [0, 0.1) is 5.41 Å². The molecule has 4 rings (SSSR count). The van der Waals surface area contributed by atoms with E-state index in [-0.39, 0.29) is 11.4 Å². The smallest absolute Gasteiger partial charge is 0.314 e. The number of pyridine rings is 1. The average molecular weight is 301 g/mol. The van der Waals surface area contributed by atoms with Gasteiger partial charge in [0.05, 0.1) is 17.7 Å². The summed E-state index contributed by atoms with van der Waals surface area (Å²) in [5, 5.41) is 3.02. The zero-order valence-corrected chi connectivity index (χ0v) is 12.3. The van der Waals surface area contributed by atoms with Gasteiger partial charge in [-0.2, -0.15) is 0 Å². The lowest BCUT2D eigenvalue weighted by atomic mass is 9.86. The maximum absolute atomic E-state index is 11.9. The predicted molar refractivity (Wildman–Crippen MR) is 80.2 cm³/mol. The van der Waals surface area contributed by atoms with Crippen molar-refractivity contribution in [3.05, 3.63) is 29.9 Å². The summed E-state index contributed by atoms with van der Waals surface area (Å²) in [4.78, 5) is 23.0. The van der Waals surface area contributed by atoms with Gasteiger partial charge in [0.25, 0.3) is 0 Å². The molecule has 2 aliphatic rings. The first kappa shape index (κ1) is 12.8. The van der Waals surface area contributed by atoms with Crippen molar-refractivity contribution in [2.24, 2.45) is 5.41 Å². The number of rotatable bonds is 2. The summed E-state index contributed by atoms with van der Waals surface area (Å²) >= 11 is 1.62. The molecule has 1 spiro atoms. The van der Waals surface area contributed by atoms with Gasteiger partial charge in [-0.1, -0.05) is 0 Å². The predicted octanol–water partition coefficient (Wildman–Crippen LogP) is 2.35. The normalized spacial score (nSPS) is 24.8. The second kappa shape index (κ2) is 4.80. The monoisotopic (exact) mass is 301 g/mol. The summed E-state index contributed by atoms with van der Waals surface area (Å²) in [5.41, 5.74) is 1.67. The molecule has 0 saturated carbocycles. The highest BCUT2D eigenvalue weighted by atomic mass is 32.1. The standard InChI is InChI=1S/C15H15N3O2S/c19-13-15(4-7-20-13)3-6-18(10-15)14-17-12(9-21-14)11-2-1-5-16-8-11/h1-2,5,8-9H,3-4,6-7,10H2. The molecule has 1 atom stereocenters. The van der Waals surface area contributed by atoms with E-state index in [2.05, 4.69) is 9.88 Å². The molecule has 5 nitrogen and oxygen atoms in total. The van der Waals surface area contributed by atoms with Gasteiger partial charge < -0.3 is 9.64 Å². The van der Waals surface area contributed by atoms with Gasteiger partial charge in [-0.05, 0) is 25.0 Å².